The fourth-order valence-electron chi connectivity index (χ4n) is 2.52. The van der Waals surface area contributed by atoms with E-state index in [0.717, 1.165) is 25.4 Å². The molecule has 1 heterocycles. The van der Waals surface area contributed by atoms with Crippen molar-refractivity contribution in [3.8, 4) is 0 Å². The Morgan fingerprint density at radius 1 is 1.47 bits per heavy atom. The molecule has 3 heteroatoms. The Kier molecular flexibility index (Phi) is 4.60. The third kappa shape index (κ3) is 3.32. The number of hydrogen-bond acceptors (Lipinski definition) is 2. The van der Waals surface area contributed by atoms with Gasteiger partial charge in [0.25, 0.3) is 0 Å². The van der Waals surface area contributed by atoms with Gasteiger partial charge in [0.15, 0.2) is 0 Å². The third-order valence-electron chi connectivity index (χ3n) is 3.84. The molecule has 1 aliphatic rings. The van der Waals surface area contributed by atoms with Gasteiger partial charge in [0.05, 0.1) is 6.20 Å². The molecule has 0 aromatic carbocycles. The summed E-state index contributed by atoms with van der Waals surface area (Å²) in [6.07, 6.45) is 10.8. The maximum absolute atomic E-state index is 4.36. The minimum Gasteiger partial charge on any atom is -0.313 e. The lowest BCUT2D eigenvalue weighted by atomic mass is 9.78. The minimum absolute atomic E-state index is 0.665. The Morgan fingerprint density at radius 2 is 2.29 bits per heavy atom. The fourth-order valence-corrected chi connectivity index (χ4v) is 2.52. The molecule has 0 amide bonds. The van der Waals surface area contributed by atoms with Crippen LogP contribution in [0.4, 0.5) is 0 Å². The maximum Gasteiger partial charge on any atom is 0.0522 e. The molecule has 0 aliphatic heterocycles. The first-order valence-electron chi connectivity index (χ1n) is 7.08. The lowest BCUT2D eigenvalue weighted by Gasteiger charge is -2.34. The van der Waals surface area contributed by atoms with E-state index in [2.05, 4.69) is 30.5 Å². The number of aromatic nitrogens is 2. The van der Waals surface area contributed by atoms with Crippen LogP contribution in [0.1, 0.15) is 45.1 Å². The summed E-state index contributed by atoms with van der Waals surface area (Å²) in [6, 6.07) is 0.665. The van der Waals surface area contributed by atoms with E-state index >= 15 is 0 Å². The number of hydrogen-bond donors (Lipinski definition) is 1. The van der Waals surface area contributed by atoms with Crippen molar-refractivity contribution >= 4 is 0 Å². The van der Waals surface area contributed by atoms with Crippen molar-refractivity contribution in [2.75, 3.05) is 6.54 Å². The molecule has 1 aromatic heterocycles. The van der Waals surface area contributed by atoms with E-state index in [0.29, 0.717) is 6.04 Å². The van der Waals surface area contributed by atoms with Crippen molar-refractivity contribution in [1.82, 2.24) is 15.1 Å². The summed E-state index contributed by atoms with van der Waals surface area (Å²) < 4.78 is 2.02. The van der Waals surface area contributed by atoms with Gasteiger partial charge in [-0.1, -0.05) is 13.3 Å². The second kappa shape index (κ2) is 6.20. The van der Waals surface area contributed by atoms with E-state index in [9.17, 15) is 0 Å². The molecular formula is C14H25N3. The lowest BCUT2D eigenvalue weighted by Crippen LogP contribution is -2.41. The highest BCUT2D eigenvalue weighted by atomic mass is 15.3. The normalized spacial score (nSPS) is 18.0. The number of nitrogens with zero attached hydrogens (tertiary/aromatic N) is 2. The Hall–Kier alpha value is -0.830. The van der Waals surface area contributed by atoms with Crippen molar-refractivity contribution in [2.24, 2.45) is 5.92 Å². The van der Waals surface area contributed by atoms with Gasteiger partial charge < -0.3 is 5.32 Å². The maximum atomic E-state index is 4.36. The predicted molar refractivity (Wildman–Crippen MR) is 71.0 cm³/mol. The summed E-state index contributed by atoms with van der Waals surface area (Å²) in [6.45, 7) is 6.48. The Morgan fingerprint density at radius 3 is 2.82 bits per heavy atom. The van der Waals surface area contributed by atoms with E-state index in [4.69, 9.17) is 0 Å². The zero-order valence-corrected chi connectivity index (χ0v) is 11.2. The van der Waals surface area contributed by atoms with E-state index in [1.165, 1.54) is 31.2 Å². The first-order valence-corrected chi connectivity index (χ1v) is 7.08. The molecule has 0 radical (unpaired) electrons. The molecule has 0 spiro atoms. The predicted octanol–water partition coefficient (Wildman–Crippen LogP) is 2.61. The molecule has 17 heavy (non-hydrogen) atoms. The fraction of sp³-hybridized carbons (Fsp3) is 0.786. The quantitative estimate of drug-likeness (QED) is 0.787. The topological polar surface area (TPSA) is 29.9 Å². The van der Waals surface area contributed by atoms with Gasteiger partial charge in [-0.25, -0.2) is 0 Å². The van der Waals surface area contributed by atoms with Crippen LogP contribution < -0.4 is 5.32 Å². The van der Waals surface area contributed by atoms with Gasteiger partial charge in [0.1, 0.15) is 0 Å². The van der Waals surface area contributed by atoms with Crippen LogP contribution >= 0.6 is 0 Å². The average molecular weight is 235 g/mol. The van der Waals surface area contributed by atoms with Crippen LogP contribution in [-0.2, 0) is 13.0 Å². The molecule has 1 aliphatic carbocycles. The van der Waals surface area contributed by atoms with Crippen LogP contribution in [0.15, 0.2) is 12.4 Å². The van der Waals surface area contributed by atoms with Crippen molar-refractivity contribution in [3.63, 3.8) is 0 Å². The van der Waals surface area contributed by atoms with E-state index in [1.807, 2.05) is 10.9 Å². The molecule has 1 saturated carbocycles. The standard InChI is InChI=1S/C14H25N3/c1-3-8-15-14(13-6-5-7-13)9-12-10-16-17(4-2)11-12/h10-11,13-15H,3-9H2,1-2H3. The van der Waals surface area contributed by atoms with Crippen LogP contribution in [0.3, 0.4) is 0 Å². The Bertz CT molecular complexity index is 328. The average Bonchev–Trinajstić information content (AvgIpc) is 2.71. The zero-order chi connectivity index (χ0) is 12.1. The van der Waals surface area contributed by atoms with Gasteiger partial charge in [-0.15, -0.1) is 0 Å². The second-order valence-corrected chi connectivity index (χ2v) is 5.16. The van der Waals surface area contributed by atoms with Crippen LogP contribution in [0, 0.1) is 5.92 Å². The van der Waals surface area contributed by atoms with Gasteiger partial charge in [-0.2, -0.15) is 5.10 Å². The summed E-state index contributed by atoms with van der Waals surface area (Å²) in [5, 5.41) is 8.07. The monoisotopic (exact) mass is 235 g/mol. The summed E-state index contributed by atoms with van der Waals surface area (Å²) in [5.41, 5.74) is 1.38. The number of rotatable bonds is 7. The van der Waals surface area contributed by atoms with Crippen molar-refractivity contribution in [3.05, 3.63) is 18.0 Å². The van der Waals surface area contributed by atoms with E-state index < -0.39 is 0 Å². The smallest absolute Gasteiger partial charge is 0.0522 e. The van der Waals surface area contributed by atoms with Crippen LogP contribution in [0.5, 0.6) is 0 Å². The molecule has 1 unspecified atom stereocenters. The largest absolute Gasteiger partial charge is 0.313 e. The van der Waals surface area contributed by atoms with Crippen LogP contribution in [-0.4, -0.2) is 22.4 Å². The molecule has 1 fully saturated rings. The lowest BCUT2D eigenvalue weighted by molar-refractivity contribution is 0.227. The summed E-state index contributed by atoms with van der Waals surface area (Å²) in [7, 11) is 0. The van der Waals surface area contributed by atoms with Crippen molar-refractivity contribution < 1.29 is 0 Å². The highest BCUT2D eigenvalue weighted by Crippen LogP contribution is 2.31. The summed E-state index contributed by atoms with van der Waals surface area (Å²) in [5.74, 6) is 0.895. The molecule has 3 nitrogen and oxygen atoms in total. The molecule has 96 valence electrons. The van der Waals surface area contributed by atoms with Gasteiger partial charge in [-0.3, -0.25) is 4.68 Å². The highest BCUT2D eigenvalue weighted by Gasteiger charge is 2.26. The van der Waals surface area contributed by atoms with Gasteiger partial charge >= 0.3 is 0 Å². The SMILES string of the molecule is CCCNC(Cc1cnn(CC)c1)C1CCC1. The van der Waals surface area contributed by atoms with Crippen LogP contribution in [0.2, 0.25) is 0 Å². The zero-order valence-electron chi connectivity index (χ0n) is 11.2. The molecule has 2 rings (SSSR count). The minimum atomic E-state index is 0.665. The van der Waals surface area contributed by atoms with Gasteiger partial charge in [-0.05, 0) is 50.6 Å². The molecule has 0 saturated heterocycles. The highest BCUT2D eigenvalue weighted by molar-refractivity contribution is 5.07. The molecule has 1 N–H and O–H groups in total. The molecule has 1 aromatic rings. The summed E-state index contributed by atoms with van der Waals surface area (Å²) in [4.78, 5) is 0. The molecule has 0 bridgehead atoms. The number of aryl methyl sites for hydroxylation is 1. The third-order valence-corrected chi connectivity index (χ3v) is 3.84. The Balaban J connectivity index is 1.90. The number of nitrogens with one attached hydrogen (secondary N) is 1. The molecular weight excluding hydrogens is 210 g/mol. The molecule has 1 atom stereocenters. The van der Waals surface area contributed by atoms with Crippen molar-refractivity contribution in [2.45, 2.75) is 58.5 Å². The van der Waals surface area contributed by atoms with E-state index in [1.54, 1.807) is 0 Å². The van der Waals surface area contributed by atoms with Crippen LogP contribution in [0.25, 0.3) is 0 Å². The van der Waals surface area contributed by atoms with E-state index in [-0.39, 0.29) is 0 Å². The van der Waals surface area contributed by atoms with Crippen molar-refractivity contribution in [1.29, 1.82) is 0 Å². The van der Waals surface area contributed by atoms with Gasteiger partial charge in [0, 0.05) is 18.8 Å². The first kappa shape index (κ1) is 12.6. The first-order chi connectivity index (χ1) is 8.33. The Labute approximate surface area is 105 Å². The summed E-state index contributed by atoms with van der Waals surface area (Å²) >= 11 is 0. The van der Waals surface area contributed by atoms with Gasteiger partial charge in [0.2, 0.25) is 0 Å². The second-order valence-electron chi connectivity index (χ2n) is 5.16.